The molecule has 176 valence electrons. The molecular formula is C27H33ClN2O3. The van der Waals surface area contributed by atoms with Crippen LogP contribution in [0.25, 0.3) is 0 Å². The van der Waals surface area contributed by atoms with Crippen molar-refractivity contribution in [3.05, 3.63) is 64.7 Å². The van der Waals surface area contributed by atoms with Gasteiger partial charge in [0.15, 0.2) is 0 Å². The third-order valence-corrected chi connectivity index (χ3v) is 7.60. The van der Waals surface area contributed by atoms with Gasteiger partial charge >= 0.3 is 0 Å². The Morgan fingerprint density at radius 2 is 1.73 bits per heavy atom. The average molecular weight is 469 g/mol. The molecule has 3 saturated heterocycles. The summed E-state index contributed by atoms with van der Waals surface area (Å²) in [6, 6.07) is 15.6. The zero-order valence-electron chi connectivity index (χ0n) is 19.2. The molecule has 1 atom stereocenters. The van der Waals surface area contributed by atoms with Gasteiger partial charge in [-0.1, -0.05) is 36.2 Å². The number of piperidine rings is 2. The minimum Gasteiger partial charge on any atom is -0.488 e. The fourth-order valence-electron chi connectivity index (χ4n) is 5.45. The topological polar surface area (TPSA) is 42.0 Å². The molecule has 0 N–H and O–H groups in total. The Morgan fingerprint density at radius 1 is 1.00 bits per heavy atom. The Labute approximate surface area is 201 Å². The van der Waals surface area contributed by atoms with Crippen molar-refractivity contribution in [3.8, 4) is 5.75 Å². The van der Waals surface area contributed by atoms with Gasteiger partial charge in [-0.3, -0.25) is 9.69 Å². The number of carbonyl (C=O) groups excluding carboxylic acids is 1. The maximum Gasteiger partial charge on any atom is 0.254 e. The van der Waals surface area contributed by atoms with Crippen LogP contribution in [0, 0.1) is 0 Å². The van der Waals surface area contributed by atoms with Crippen molar-refractivity contribution in [2.75, 3.05) is 32.8 Å². The summed E-state index contributed by atoms with van der Waals surface area (Å²) >= 11 is 5.97. The summed E-state index contributed by atoms with van der Waals surface area (Å²) in [5.74, 6) is 0.979. The van der Waals surface area contributed by atoms with Gasteiger partial charge in [0.1, 0.15) is 11.9 Å². The molecule has 3 aliphatic heterocycles. The maximum atomic E-state index is 13.4. The molecule has 0 aromatic heterocycles. The van der Waals surface area contributed by atoms with Gasteiger partial charge in [-0.25, -0.2) is 0 Å². The Balaban J connectivity index is 1.17. The Hall–Kier alpha value is -2.08. The van der Waals surface area contributed by atoms with Gasteiger partial charge in [0, 0.05) is 36.6 Å². The third-order valence-electron chi connectivity index (χ3n) is 7.34. The first kappa shape index (κ1) is 22.7. The largest absolute Gasteiger partial charge is 0.488 e. The molecule has 0 aliphatic carbocycles. The lowest BCUT2D eigenvalue weighted by Gasteiger charge is -2.39. The van der Waals surface area contributed by atoms with Crippen LogP contribution in [-0.2, 0) is 11.3 Å². The lowest BCUT2D eigenvalue weighted by atomic mass is 9.87. The van der Waals surface area contributed by atoms with Crippen molar-refractivity contribution in [2.24, 2.45) is 0 Å². The quantitative estimate of drug-likeness (QED) is 0.607. The van der Waals surface area contributed by atoms with Gasteiger partial charge in [-0.05, 0) is 74.7 Å². The van der Waals surface area contributed by atoms with Crippen LogP contribution in [0.3, 0.4) is 0 Å². The molecule has 2 aromatic carbocycles. The fourth-order valence-corrected chi connectivity index (χ4v) is 5.57. The van der Waals surface area contributed by atoms with Gasteiger partial charge in [-0.2, -0.15) is 0 Å². The highest BCUT2D eigenvalue weighted by molar-refractivity contribution is 6.30. The standard InChI is InChI=1S/C27H33ClN2O3/c28-22-8-10-23(11-9-22)33-24-18-27(32-20-24)12-16-30(17-13-27)26(31)25-7-3-2-6-21(25)19-29-14-4-1-5-15-29/h2-3,6-11,24H,1,4-5,12-20H2/t24-/m1/s1. The van der Waals surface area contributed by atoms with Crippen molar-refractivity contribution >= 4 is 17.5 Å². The van der Waals surface area contributed by atoms with Gasteiger partial charge in [0.05, 0.1) is 12.2 Å². The summed E-state index contributed by atoms with van der Waals surface area (Å²) < 4.78 is 12.4. The number of ether oxygens (including phenoxy) is 2. The van der Waals surface area contributed by atoms with Gasteiger partial charge in [-0.15, -0.1) is 0 Å². The predicted molar refractivity (Wildman–Crippen MR) is 130 cm³/mol. The van der Waals surface area contributed by atoms with Crippen molar-refractivity contribution in [1.82, 2.24) is 9.80 Å². The highest BCUT2D eigenvalue weighted by atomic mass is 35.5. The molecule has 33 heavy (non-hydrogen) atoms. The zero-order valence-corrected chi connectivity index (χ0v) is 19.9. The summed E-state index contributed by atoms with van der Waals surface area (Å²) in [6.45, 7) is 5.17. The molecule has 5 rings (SSSR count). The maximum absolute atomic E-state index is 13.4. The van der Waals surface area contributed by atoms with Crippen LogP contribution in [0.5, 0.6) is 5.75 Å². The molecule has 3 aliphatic rings. The number of hydrogen-bond donors (Lipinski definition) is 0. The molecule has 0 saturated carbocycles. The molecule has 3 fully saturated rings. The number of benzene rings is 2. The summed E-state index contributed by atoms with van der Waals surface area (Å²) in [7, 11) is 0. The smallest absolute Gasteiger partial charge is 0.254 e. The first-order valence-corrected chi connectivity index (χ1v) is 12.6. The summed E-state index contributed by atoms with van der Waals surface area (Å²) in [4.78, 5) is 17.9. The van der Waals surface area contributed by atoms with E-state index in [1.54, 1.807) is 0 Å². The van der Waals surface area contributed by atoms with E-state index in [1.165, 1.54) is 19.3 Å². The van der Waals surface area contributed by atoms with Crippen LogP contribution in [0.15, 0.2) is 48.5 Å². The van der Waals surface area contributed by atoms with Crippen molar-refractivity contribution in [1.29, 1.82) is 0 Å². The van der Waals surface area contributed by atoms with E-state index in [2.05, 4.69) is 17.0 Å². The molecule has 1 amide bonds. The summed E-state index contributed by atoms with van der Waals surface area (Å²) in [5, 5.41) is 0.705. The van der Waals surface area contributed by atoms with Crippen LogP contribution in [0.4, 0.5) is 0 Å². The average Bonchev–Trinajstić information content (AvgIpc) is 3.23. The van der Waals surface area contributed by atoms with Crippen molar-refractivity contribution < 1.29 is 14.3 Å². The van der Waals surface area contributed by atoms with E-state index in [1.807, 2.05) is 41.3 Å². The summed E-state index contributed by atoms with van der Waals surface area (Å²) in [6.07, 6.45) is 6.45. The number of hydrogen-bond acceptors (Lipinski definition) is 4. The number of carbonyl (C=O) groups is 1. The second-order valence-electron chi connectivity index (χ2n) is 9.68. The zero-order chi connectivity index (χ0) is 22.7. The van der Waals surface area contributed by atoms with Crippen LogP contribution in [-0.4, -0.2) is 60.2 Å². The normalized spacial score (nSPS) is 23.1. The fraction of sp³-hybridized carbons (Fsp3) is 0.519. The molecule has 0 radical (unpaired) electrons. The molecule has 2 aromatic rings. The highest BCUT2D eigenvalue weighted by Crippen LogP contribution is 2.38. The number of halogens is 1. The van der Waals surface area contributed by atoms with Crippen LogP contribution < -0.4 is 4.74 Å². The minimum absolute atomic E-state index is 0.0405. The molecule has 5 nitrogen and oxygen atoms in total. The summed E-state index contributed by atoms with van der Waals surface area (Å²) in [5.41, 5.74) is 1.83. The Kier molecular flexibility index (Phi) is 6.91. The third kappa shape index (κ3) is 5.37. The number of nitrogens with zero attached hydrogens (tertiary/aromatic N) is 2. The highest BCUT2D eigenvalue weighted by Gasteiger charge is 2.44. The van der Waals surface area contributed by atoms with Crippen molar-refractivity contribution in [3.63, 3.8) is 0 Å². The van der Waals surface area contributed by atoms with E-state index in [0.717, 1.165) is 68.9 Å². The van der Waals surface area contributed by atoms with E-state index < -0.39 is 0 Å². The second kappa shape index (κ2) is 10.0. The number of likely N-dealkylation sites (tertiary alicyclic amines) is 2. The monoisotopic (exact) mass is 468 g/mol. The van der Waals surface area contributed by atoms with Gasteiger partial charge in [0.2, 0.25) is 0 Å². The molecule has 6 heteroatoms. The van der Waals surface area contributed by atoms with E-state index in [-0.39, 0.29) is 17.6 Å². The van der Waals surface area contributed by atoms with E-state index in [4.69, 9.17) is 21.1 Å². The first-order chi connectivity index (χ1) is 16.1. The molecule has 3 heterocycles. The molecule has 0 bridgehead atoms. The van der Waals surface area contributed by atoms with Crippen LogP contribution >= 0.6 is 11.6 Å². The molecular weight excluding hydrogens is 436 g/mol. The first-order valence-electron chi connectivity index (χ1n) is 12.3. The lowest BCUT2D eigenvalue weighted by molar-refractivity contribution is -0.0396. The predicted octanol–water partition coefficient (Wildman–Crippen LogP) is 5.17. The molecule has 1 spiro atoms. The second-order valence-corrected chi connectivity index (χ2v) is 10.1. The van der Waals surface area contributed by atoms with E-state index in [9.17, 15) is 4.79 Å². The minimum atomic E-state index is -0.179. The van der Waals surface area contributed by atoms with E-state index in [0.29, 0.717) is 11.6 Å². The van der Waals surface area contributed by atoms with Crippen molar-refractivity contribution in [2.45, 2.75) is 56.8 Å². The lowest BCUT2D eigenvalue weighted by Crippen LogP contribution is -2.47. The molecule has 0 unspecified atom stereocenters. The number of rotatable bonds is 5. The Bertz CT molecular complexity index is 950. The Morgan fingerprint density at radius 3 is 2.48 bits per heavy atom. The SMILES string of the molecule is O=C(c1ccccc1CN1CCCCC1)N1CCC2(CC1)C[C@@H](Oc1ccc(Cl)cc1)CO2. The van der Waals surface area contributed by atoms with Crippen LogP contribution in [0.1, 0.15) is 54.4 Å². The van der Waals surface area contributed by atoms with Gasteiger partial charge in [0.25, 0.3) is 5.91 Å². The van der Waals surface area contributed by atoms with E-state index >= 15 is 0 Å². The van der Waals surface area contributed by atoms with Crippen LogP contribution in [0.2, 0.25) is 5.02 Å². The number of amides is 1. The van der Waals surface area contributed by atoms with Gasteiger partial charge < -0.3 is 14.4 Å².